The molecule has 90 valence electrons. The number of hydrogen-bond donors (Lipinski definition) is 1. The summed E-state index contributed by atoms with van der Waals surface area (Å²) in [4.78, 5) is 12.7. The van der Waals surface area contributed by atoms with Gasteiger partial charge in [-0.3, -0.25) is 0 Å². The summed E-state index contributed by atoms with van der Waals surface area (Å²) < 4.78 is 10.7. The first-order valence-electron chi connectivity index (χ1n) is 5.00. The van der Waals surface area contributed by atoms with Gasteiger partial charge in [0.15, 0.2) is 0 Å². The number of carbonyl (C=O) groups is 1. The third kappa shape index (κ3) is 5.76. The maximum Gasteiger partial charge on any atom is 0.334 e. The maximum atomic E-state index is 11.2. The summed E-state index contributed by atoms with van der Waals surface area (Å²) in [5.74, 6) is 0. The number of nitrogens with one attached hydrogen (secondary N) is 1. The minimum atomic E-state index is -1.96. The van der Waals surface area contributed by atoms with Crippen LogP contribution in [0.1, 0.15) is 6.42 Å². The molecule has 0 rings (SSSR count). The Bertz CT molecular complexity index is 196. The molecule has 0 aliphatic carbocycles. The Morgan fingerprint density at radius 2 is 1.87 bits per heavy atom. The molecule has 6 heteroatoms. The lowest BCUT2D eigenvalue weighted by molar-refractivity contribution is 0.216. The van der Waals surface area contributed by atoms with Crippen LogP contribution in [0.4, 0.5) is 4.79 Å². The van der Waals surface area contributed by atoms with Crippen LogP contribution in [0.2, 0.25) is 12.6 Å². The standard InChI is InChI=1S/C9H22N2O3Si/c1-11(2)9(12)10-7-6-8-15(5,13-3)14-4/h6-8H2,1-5H3,(H,10,12). The topological polar surface area (TPSA) is 50.8 Å². The second-order valence-corrected chi connectivity index (χ2v) is 7.36. The van der Waals surface area contributed by atoms with Crippen molar-refractivity contribution in [3.63, 3.8) is 0 Å². The molecule has 0 aliphatic rings. The molecular formula is C9H22N2O3Si. The first kappa shape index (κ1) is 14.4. The van der Waals surface area contributed by atoms with Crippen molar-refractivity contribution in [2.45, 2.75) is 19.0 Å². The summed E-state index contributed by atoms with van der Waals surface area (Å²) in [7, 11) is 4.83. The van der Waals surface area contributed by atoms with Crippen molar-refractivity contribution >= 4 is 14.6 Å². The molecule has 0 aliphatic heterocycles. The van der Waals surface area contributed by atoms with Crippen LogP contribution >= 0.6 is 0 Å². The van der Waals surface area contributed by atoms with Crippen molar-refractivity contribution in [1.29, 1.82) is 0 Å². The third-order valence-electron chi connectivity index (χ3n) is 2.35. The van der Waals surface area contributed by atoms with Crippen LogP contribution in [0, 0.1) is 0 Å². The Hall–Kier alpha value is -0.593. The van der Waals surface area contributed by atoms with Crippen molar-refractivity contribution in [3.05, 3.63) is 0 Å². The molecule has 5 nitrogen and oxygen atoms in total. The monoisotopic (exact) mass is 234 g/mol. The molecule has 0 unspecified atom stereocenters. The number of hydrogen-bond acceptors (Lipinski definition) is 3. The van der Waals surface area contributed by atoms with Gasteiger partial charge in [0.25, 0.3) is 0 Å². The van der Waals surface area contributed by atoms with Crippen molar-refractivity contribution in [1.82, 2.24) is 10.2 Å². The van der Waals surface area contributed by atoms with E-state index in [1.807, 2.05) is 6.55 Å². The van der Waals surface area contributed by atoms with Crippen LogP contribution in [-0.2, 0) is 8.85 Å². The van der Waals surface area contributed by atoms with Gasteiger partial charge in [-0.1, -0.05) is 0 Å². The van der Waals surface area contributed by atoms with Crippen molar-refractivity contribution in [2.24, 2.45) is 0 Å². The Morgan fingerprint density at radius 3 is 2.27 bits per heavy atom. The molecule has 0 atom stereocenters. The molecule has 0 aromatic heterocycles. The highest BCUT2D eigenvalue weighted by atomic mass is 28.4. The number of carbonyl (C=O) groups excluding carboxylic acids is 1. The molecule has 0 aromatic rings. The fourth-order valence-corrected chi connectivity index (χ4v) is 2.44. The maximum absolute atomic E-state index is 11.2. The zero-order valence-electron chi connectivity index (χ0n) is 10.3. The Balaban J connectivity index is 3.66. The molecule has 0 heterocycles. The first-order valence-corrected chi connectivity index (χ1v) is 7.53. The molecule has 0 radical (unpaired) electrons. The van der Waals surface area contributed by atoms with Crippen LogP contribution in [0.15, 0.2) is 0 Å². The van der Waals surface area contributed by atoms with Gasteiger partial charge in [0, 0.05) is 34.9 Å². The second kappa shape index (κ2) is 6.81. The van der Waals surface area contributed by atoms with Gasteiger partial charge in [-0.2, -0.15) is 0 Å². The summed E-state index contributed by atoms with van der Waals surface area (Å²) in [6.45, 7) is 2.67. The minimum Gasteiger partial charge on any atom is -0.398 e. The highest BCUT2D eigenvalue weighted by Gasteiger charge is 2.27. The van der Waals surface area contributed by atoms with Gasteiger partial charge in [-0.05, 0) is 19.0 Å². The molecule has 0 bridgehead atoms. The van der Waals surface area contributed by atoms with Gasteiger partial charge >= 0.3 is 14.6 Å². The summed E-state index contributed by atoms with van der Waals surface area (Å²) >= 11 is 0. The first-order chi connectivity index (χ1) is 6.95. The van der Waals surface area contributed by atoms with E-state index in [0.717, 1.165) is 12.5 Å². The lowest BCUT2D eigenvalue weighted by Crippen LogP contribution is -2.38. The van der Waals surface area contributed by atoms with E-state index in [9.17, 15) is 4.79 Å². The Labute approximate surface area is 93.0 Å². The van der Waals surface area contributed by atoms with Crippen LogP contribution in [0.5, 0.6) is 0 Å². The molecule has 2 amide bonds. The van der Waals surface area contributed by atoms with E-state index in [1.54, 1.807) is 28.3 Å². The van der Waals surface area contributed by atoms with Gasteiger partial charge in [-0.15, -0.1) is 0 Å². The van der Waals surface area contributed by atoms with E-state index in [2.05, 4.69) is 5.32 Å². The lowest BCUT2D eigenvalue weighted by Gasteiger charge is -2.22. The fourth-order valence-electron chi connectivity index (χ4n) is 1.05. The van der Waals surface area contributed by atoms with E-state index in [4.69, 9.17) is 8.85 Å². The van der Waals surface area contributed by atoms with Gasteiger partial charge in [0.1, 0.15) is 0 Å². The quantitative estimate of drug-likeness (QED) is 0.551. The predicted octanol–water partition coefficient (Wildman–Crippen LogP) is 1.01. The number of nitrogens with zero attached hydrogens (tertiary/aromatic N) is 1. The summed E-state index contributed by atoms with van der Waals surface area (Å²) in [5, 5.41) is 2.80. The van der Waals surface area contributed by atoms with Gasteiger partial charge in [0.2, 0.25) is 0 Å². The van der Waals surface area contributed by atoms with Gasteiger partial charge in [0.05, 0.1) is 0 Å². The molecule has 0 saturated carbocycles. The van der Waals surface area contributed by atoms with Crippen molar-refractivity contribution in [2.75, 3.05) is 34.9 Å². The third-order valence-corrected chi connectivity index (χ3v) is 5.34. The lowest BCUT2D eigenvalue weighted by atomic mass is 10.5. The summed E-state index contributed by atoms with van der Waals surface area (Å²) in [5.41, 5.74) is 0. The fraction of sp³-hybridized carbons (Fsp3) is 0.889. The zero-order valence-corrected chi connectivity index (χ0v) is 11.3. The highest BCUT2D eigenvalue weighted by molar-refractivity contribution is 6.65. The average Bonchev–Trinajstić information content (AvgIpc) is 2.23. The zero-order chi connectivity index (χ0) is 11.9. The average molecular weight is 234 g/mol. The number of rotatable bonds is 6. The Morgan fingerprint density at radius 1 is 1.33 bits per heavy atom. The SMILES string of the molecule is CO[Si](C)(CCCNC(=O)N(C)C)OC. The smallest absolute Gasteiger partial charge is 0.334 e. The largest absolute Gasteiger partial charge is 0.398 e. The van der Waals surface area contributed by atoms with E-state index < -0.39 is 8.56 Å². The van der Waals surface area contributed by atoms with E-state index in [1.165, 1.54) is 4.90 Å². The molecule has 15 heavy (non-hydrogen) atoms. The summed E-state index contributed by atoms with van der Waals surface area (Å²) in [6.07, 6.45) is 0.879. The van der Waals surface area contributed by atoms with Gasteiger partial charge in [-0.25, -0.2) is 4.79 Å². The second-order valence-electron chi connectivity index (χ2n) is 3.77. The van der Waals surface area contributed by atoms with Crippen LogP contribution in [-0.4, -0.2) is 54.4 Å². The van der Waals surface area contributed by atoms with Crippen molar-refractivity contribution in [3.8, 4) is 0 Å². The normalized spacial score (nSPS) is 11.3. The summed E-state index contributed by atoms with van der Waals surface area (Å²) in [6, 6.07) is 0.821. The Kier molecular flexibility index (Phi) is 6.54. The van der Waals surface area contributed by atoms with Gasteiger partial charge < -0.3 is 19.1 Å². The van der Waals surface area contributed by atoms with Crippen LogP contribution < -0.4 is 5.32 Å². The van der Waals surface area contributed by atoms with Crippen molar-refractivity contribution < 1.29 is 13.6 Å². The highest BCUT2D eigenvalue weighted by Crippen LogP contribution is 2.12. The molecular weight excluding hydrogens is 212 g/mol. The number of amides is 2. The number of urea groups is 1. The molecule has 0 fully saturated rings. The molecule has 1 N–H and O–H groups in total. The molecule has 0 spiro atoms. The molecule has 0 saturated heterocycles. The van der Waals surface area contributed by atoms with E-state index >= 15 is 0 Å². The minimum absolute atomic E-state index is 0.0618. The predicted molar refractivity (Wildman–Crippen MR) is 62.1 cm³/mol. The van der Waals surface area contributed by atoms with E-state index in [0.29, 0.717) is 6.54 Å². The van der Waals surface area contributed by atoms with Crippen LogP contribution in [0.25, 0.3) is 0 Å². The van der Waals surface area contributed by atoms with Crippen LogP contribution in [0.3, 0.4) is 0 Å². The van der Waals surface area contributed by atoms with E-state index in [-0.39, 0.29) is 6.03 Å². The molecule has 0 aromatic carbocycles.